The number of rotatable bonds is 5. The minimum atomic E-state index is -0.488. The van der Waals surface area contributed by atoms with Gasteiger partial charge in [0.25, 0.3) is 5.91 Å². The highest BCUT2D eigenvalue weighted by Crippen LogP contribution is 2.15. The Bertz CT molecular complexity index is 599. The molecule has 1 amide bonds. The van der Waals surface area contributed by atoms with E-state index < -0.39 is 17.8 Å². The van der Waals surface area contributed by atoms with Gasteiger partial charge in [0, 0.05) is 10.0 Å². The molecule has 110 valence electrons. The second kappa shape index (κ2) is 7.33. The van der Waals surface area contributed by atoms with Crippen LogP contribution in [0.25, 0.3) is 0 Å². The smallest absolute Gasteiger partial charge is 0.251 e. The van der Waals surface area contributed by atoms with Gasteiger partial charge in [0.05, 0.1) is 12.6 Å². The number of hydrogen-bond donors (Lipinski definition) is 2. The third-order valence-corrected chi connectivity index (χ3v) is 3.46. The minimum absolute atomic E-state index is 0.183. The second-order valence-electron chi connectivity index (χ2n) is 4.70. The number of benzene rings is 2. The van der Waals surface area contributed by atoms with Gasteiger partial charge >= 0.3 is 0 Å². The first-order valence-corrected chi connectivity index (χ1v) is 7.29. The molecule has 2 rings (SSSR count). The van der Waals surface area contributed by atoms with E-state index >= 15 is 0 Å². The van der Waals surface area contributed by atoms with Crippen LogP contribution in [-0.2, 0) is 6.42 Å². The van der Waals surface area contributed by atoms with Crippen LogP contribution in [0.3, 0.4) is 0 Å². The van der Waals surface area contributed by atoms with Crippen LogP contribution in [0, 0.1) is 5.82 Å². The summed E-state index contributed by atoms with van der Waals surface area (Å²) in [6, 6.07) is 13.1. The Morgan fingerprint density at radius 1 is 1.24 bits per heavy atom. The highest BCUT2D eigenvalue weighted by atomic mass is 79.9. The van der Waals surface area contributed by atoms with Crippen LogP contribution in [-0.4, -0.2) is 23.7 Å². The highest BCUT2D eigenvalue weighted by Gasteiger charge is 2.14. The van der Waals surface area contributed by atoms with Crippen molar-refractivity contribution in [3.8, 4) is 0 Å². The number of aliphatic hydroxyl groups is 1. The van der Waals surface area contributed by atoms with Crippen molar-refractivity contribution in [3.63, 3.8) is 0 Å². The number of amides is 1. The molecule has 0 saturated carbocycles. The highest BCUT2D eigenvalue weighted by molar-refractivity contribution is 9.10. The summed E-state index contributed by atoms with van der Waals surface area (Å²) in [5.74, 6) is -0.900. The summed E-state index contributed by atoms with van der Waals surface area (Å²) >= 11 is 3.15. The standard InChI is InChI=1S/C16H15BrFNO2/c17-13-7-12(8-14(18)9-13)16(21)19-15(10-20)6-11-4-2-1-3-5-11/h1-5,7-9,15,20H,6,10H2,(H,19,21)/t15-/m0/s1. The summed E-state index contributed by atoms with van der Waals surface area (Å²) in [7, 11) is 0. The van der Waals surface area contributed by atoms with E-state index in [1.165, 1.54) is 12.1 Å². The third-order valence-electron chi connectivity index (χ3n) is 3.01. The van der Waals surface area contributed by atoms with Gasteiger partial charge in [0.1, 0.15) is 5.82 Å². The molecule has 2 N–H and O–H groups in total. The molecule has 0 aliphatic heterocycles. The molecule has 2 aromatic rings. The van der Waals surface area contributed by atoms with Crippen molar-refractivity contribution in [2.24, 2.45) is 0 Å². The van der Waals surface area contributed by atoms with Gasteiger partial charge in [-0.1, -0.05) is 46.3 Å². The molecular formula is C16H15BrFNO2. The van der Waals surface area contributed by atoms with Gasteiger partial charge in [0.2, 0.25) is 0 Å². The summed E-state index contributed by atoms with van der Waals surface area (Å²) in [5, 5.41) is 12.1. The molecule has 1 atom stereocenters. The van der Waals surface area contributed by atoms with Crippen LogP contribution in [0.15, 0.2) is 53.0 Å². The van der Waals surface area contributed by atoms with Crippen LogP contribution in [0.1, 0.15) is 15.9 Å². The normalized spacial score (nSPS) is 12.0. The molecule has 3 nitrogen and oxygen atoms in total. The second-order valence-corrected chi connectivity index (χ2v) is 5.62. The summed E-state index contributed by atoms with van der Waals surface area (Å²) in [4.78, 5) is 12.1. The van der Waals surface area contributed by atoms with E-state index in [2.05, 4.69) is 21.2 Å². The maximum Gasteiger partial charge on any atom is 0.251 e. The maximum atomic E-state index is 13.3. The summed E-state index contributed by atoms with van der Waals surface area (Å²) in [6.07, 6.45) is 0.513. The Kier molecular flexibility index (Phi) is 5.47. The Morgan fingerprint density at radius 2 is 1.95 bits per heavy atom. The van der Waals surface area contributed by atoms with Crippen LogP contribution >= 0.6 is 15.9 Å². The van der Waals surface area contributed by atoms with Crippen molar-refractivity contribution < 1.29 is 14.3 Å². The van der Waals surface area contributed by atoms with E-state index in [9.17, 15) is 14.3 Å². The molecule has 0 bridgehead atoms. The Balaban J connectivity index is 2.05. The van der Waals surface area contributed by atoms with E-state index in [4.69, 9.17) is 0 Å². The molecule has 0 aromatic heterocycles. The van der Waals surface area contributed by atoms with Gasteiger partial charge in [0.15, 0.2) is 0 Å². The van der Waals surface area contributed by atoms with Gasteiger partial charge in [-0.3, -0.25) is 4.79 Å². The fraction of sp³-hybridized carbons (Fsp3) is 0.188. The summed E-state index contributed by atoms with van der Waals surface area (Å²) in [5.41, 5.74) is 1.23. The lowest BCUT2D eigenvalue weighted by Gasteiger charge is -2.16. The maximum absolute atomic E-state index is 13.3. The number of halogens is 2. The van der Waals surface area contributed by atoms with Crippen LogP contribution in [0.5, 0.6) is 0 Å². The number of nitrogens with one attached hydrogen (secondary N) is 1. The van der Waals surface area contributed by atoms with Gasteiger partial charge in [-0.25, -0.2) is 4.39 Å². The average molecular weight is 352 g/mol. The SMILES string of the molecule is O=C(N[C@H](CO)Cc1ccccc1)c1cc(F)cc(Br)c1. The van der Waals surface area contributed by atoms with Gasteiger partial charge in [-0.05, 0) is 30.2 Å². The first kappa shape index (κ1) is 15.7. The molecule has 5 heteroatoms. The third kappa shape index (κ3) is 4.65. The van der Waals surface area contributed by atoms with Crippen molar-refractivity contribution >= 4 is 21.8 Å². The van der Waals surface area contributed by atoms with Crippen molar-refractivity contribution in [1.29, 1.82) is 0 Å². The predicted molar refractivity (Wildman–Crippen MR) is 82.6 cm³/mol. The van der Waals surface area contributed by atoms with Crippen molar-refractivity contribution in [2.75, 3.05) is 6.61 Å². The molecule has 0 unspecified atom stereocenters. The Labute approximate surface area is 130 Å². The Morgan fingerprint density at radius 3 is 2.57 bits per heavy atom. The lowest BCUT2D eigenvalue weighted by molar-refractivity contribution is 0.0916. The first-order chi connectivity index (χ1) is 10.1. The first-order valence-electron chi connectivity index (χ1n) is 6.50. The largest absolute Gasteiger partial charge is 0.394 e. The van der Waals surface area contributed by atoms with E-state index in [0.29, 0.717) is 10.9 Å². The topological polar surface area (TPSA) is 49.3 Å². The number of carbonyl (C=O) groups excluding carboxylic acids is 1. The van der Waals surface area contributed by atoms with E-state index in [0.717, 1.165) is 11.6 Å². The van der Waals surface area contributed by atoms with E-state index in [1.807, 2.05) is 30.3 Å². The number of hydrogen-bond acceptors (Lipinski definition) is 2. The molecule has 0 heterocycles. The van der Waals surface area contributed by atoms with Crippen LogP contribution in [0.4, 0.5) is 4.39 Å². The zero-order valence-corrected chi connectivity index (χ0v) is 12.8. The van der Waals surface area contributed by atoms with Crippen molar-refractivity contribution in [3.05, 3.63) is 69.9 Å². The molecule has 2 aromatic carbocycles. The zero-order chi connectivity index (χ0) is 15.2. The van der Waals surface area contributed by atoms with Crippen LogP contribution < -0.4 is 5.32 Å². The molecule has 0 saturated heterocycles. The molecule has 0 fully saturated rings. The van der Waals surface area contributed by atoms with Crippen LogP contribution in [0.2, 0.25) is 0 Å². The van der Waals surface area contributed by atoms with Gasteiger partial charge in [-0.2, -0.15) is 0 Å². The molecule has 0 spiro atoms. The van der Waals surface area contributed by atoms with E-state index in [1.54, 1.807) is 0 Å². The molecule has 0 radical (unpaired) electrons. The summed E-state index contributed by atoms with van der Waals surface area (Å²) < 4.78 is 13.8. The monoisotopic (exact) mass is 351 g/mol. The molecule has 0 aliphatic rings. The lowest BCUT2D eigenvalue weighted by Crippen LogP contribution is -2.39. The quantitative estimate of drug-likeness (QED) is 0.869. The zero-order valence-electron chi connectivity index (χ0n) is 11.2. The predicted octanol–water partition coefficient (Wildman–Crippen LogP) is 2.92. The van der Waals surface area contributed by atoms with Crippen molar-refractivity contribution in [1.82, 2.24) is 5.32 Å². The fourth-order valence-electron chi connectivity index (χ4n) is 2.01. The fourth-order valence-corrected chi connectivity index (χ4v) is 2.48. The molecule has 21 heavy (non-hydrogen) atoms. The number of aliphatic hydroxyl groups excluding tert-OH is 1. The van der Waals surface area contributed by atoms with Gasteiger partial charge < -0.3 is 10.4 Å². The van der Waals surface area contributed by atoms with E-state index in [-0.39, 0.29) is 12.2 Å². The lowest BCUT2D eigenvalue weighted by atomic mass is 10.1. The minimum Gasteiger partial charge on any atom is -0.394 e. The van der Waals surface area contributed by atoms with Crippen molar-refractivity contribution in [2.45, 2.75) is 12.5 Å². The number of carbonyl (C=O) groups is 1. The average Bonchev–Trinajstić information content (AvgIpc) is 2.46. The van der Waals surface area contributed by atoms with Gasteiger partial charge in [-0.15, -0.1) is 0 Å². The molecular weight excluding hydrogens is 337 g/mol. The molecule has 0 aliphatic carbocycles. The summed E-state index contributed by atoms with van der Waals surface area (Å²) in [6.45, 7) is -0.183. The Hall–Kier alpha value is -1.72.